The van der Waals surface area contributed by atoms with Gasteiger partial charge in [0, 0.05) is 13.1 Å². The van der Waals surface area contributed by atoms with Gasteiger partial charge in [-0.25, -0.2) is 4.98 Å². The molecule has 0 saturated heterocycles. The van der Waals surface area contributed by atoms with Crippen LogP contribution in [0, 0.1) is 6.92 Å². The third kappa shape index (κ3) is 5.51. The van der Waals surface area contributed by atoms with Crippen molar-refractivity contribution in [3.63, 3.8) is 0 Å². The Morgan fingerprint density at radius 2 is 1.32 bits per heavy atom. The van der Waals surface area contributed by atoms with Crippen LogP contribution in [0.25, 0.3) is 0 Å². The summed E-state index contributed by atoms with van der Waals surface area (Å²) in [6.45, 7) is 2.17. The summed E-state index contributed by atoms with van der Waals surface area (Å²) in [5, 5.41) is 0. The normalized spacial score (nSPS) is 11.3. The van der Waals surface area contributed by atoms with Gasteiger partial charge in [-0.1, -0.05) is 29.7 Å². The molecular formula is C23H22BF3N2O2. The van der Waals surface area contributed by atoms with Gasteiger partial charge in [0.25, 0.3) is 0 Å². The first-order valence-corrected chi connectivity index (χ1v) is 9.56. The van der Waals surface area contributed by atoms with Gasteiger partial charge in [-0.05, 0) is 48.4 Å². The van der Waals surface area contributed by atoms with E-state index >= 15 is 0 Å². The molecular weight excluding hydrogens is 404 g/mol. The van der Waals surface area contributed by atoms with Gasteiger partial charge in [0.15, 0.2) is 0 Å². The predicted molar refractivity (Wildman–Crippen MR) is 115 cm³/mol. The van der Waals surface area contributed by atoms with E-state index in [4.69, 9.17) is 17.3 Å². The Bertz CT molecular complexity index is 950. The number of hydrogen-bond donors (Lipinski definition) is 0. The topological polar surface area (TPSA) is 34.6 Å². The lowest BCUT2D eigenvalue weighted by Crippen LogP contribution is -2.28. The first-order chi connectivity index (χ1) is 14.7. The van der Waals surface area contributed by atoms with E-state index in [1.807, 2.05) is 53.4 Å². The van der Waals surface area contributed by atoms with Crippen LogP contribution < -0.4 is 19.8 Å². The van der Waals surface area contributed by atoms with Crippen LogP contribution in [-0.2, 0) is 19.3 Å². The Morgan fingerprint density at radius 1 is 0.871 bits per heavy atom. The fourth-order valence-electron chi connectivity index (χ4n) is 3.33. The number of hydrogen-bond acceptors (Lipinski definition) is 4. The van der Waals surface area contributed by atoms with E-state index in [9.17, 15) is 13.2 Å². The van der Waals surface area contributed by atoms with Crippen LogP contribution in [0.15, 0.2) is 54.6 Å². The van der Waals surface area contributed by atoms with Crippen molar-refractivity contribution in [3.05, 3.63) is 77.0 Å². The molecule has 0 spiro atoms. The average Bonchev–Trinajstić information content (AvgIpc) is 2.72. The van der Waals surface area contributed by atoms with Crippen LogP contribution in [0.4, 0.5) is 19.0 Å². The highest BCUT2D eigenvalue weighted by Crippen LogP contribution is 2.31. The van der Waals surface area contributed by atoms with Crippen LogP contribution in [0.2, 0.25) is 0 Å². The number of benzene rings is 2. The molecule has 2 aromatic carbocycles. The van der Waals surface area contributed by atoms with Crippen molar-refractivity contribution in [2.75, 3.05) is 19.1 Å². The second kappa shape index (κ2) is 9.33. The number of halogens is 3. The van der Waals surface area contributed by atoms with Crippen LogP contribution in [0.1, 0.15) is 22.4 Å². The van der Waals surface area contributed by atoms with Gasteiger partial charge in [0.2, 0.25) is 0 Å². The number of nitrogens with zero attached hydrogens (tertiary/aromatic N) is 2. The van der Waals surface area contributed by atoms with E-state index < -0.39 is 11.7 Å². The number of aromatic nitrogens is 1. The lowest BCUT2D eigenvalue weighted by Gasteiger charge is -2.26. The Balaban J connectivity index is 1.97. The van der Waals surface area contributed by atoms with E-state index in [1.165, 1.54) is 13.0 Å². The lowest BCUT2D eigenvalue weighted by atomic mass is 9.89. The van der Waals surface area contributed by atoms with Crippen LogP contribution in [-0.4, -0.2) is 27.0 Å². The molecule has 0 unspecified atom stereocenters. The fourth-order valence-corrected chi connectivity index (χ4v) is 3.33. The first kappa shape index (κ1) is 22.5. The number of methoxy groups -OCH3 is 2. The molecule has 0 aliphatic carbocycles. The quantitative estimate of drug-likeness (QED) is 0.524. The minimum absolute atomic E-state index is 0.156. The van der Waals surface area contributed by atoms with E-state index in [0.29, 0.717) is 18.9 Å². The second-order valence-electron chi connectivity index (χ2n) is 7.08. The average molecular weight is 426 g/mol. The molecule has 0 saturated carbocycles. The Labute approximate surface area is 181 Å². The molecule has 8 heteroatoms. The zero-order chi connectivity index (χ0) is 22.6. The van der Waals surface area contributed by atoms with Crippen LogP contribution >= 0.6 is 0 Å². The lowest BCUT2D eigenvalue weighted by molar-refractivity contribution is -0.137. The molecule has 31 heavy (non-hydrogen) atoms. The highest BCUT2D eigenvalue weighted by Gasteiger charge is 2.35. The number of alkyl halides is 3. The third-order valence-electron chi connectivity index (χ3n) is 4.89. The molecule has 0 atom stereocenters. The van der Waals surface area contributed by atoms with Crippen molar-refractivity contribution in [1.82, 2.24) is 4.98 Å². The maximum absolute atomic E-state index is 13.3. The van der Waals surface area contributed by atoms with Crippen molar-refractivity contribution < 1.29 is 22.6 Å². The van der Waals surface area contributed by atoms with Crippen molar-refractivity contribution in [2.24, 2.45) is 0 Å². The van der Waals surface area contributed by atoms with E-state index in [2.05, 4.69) is 4.98 Å². The molecule has 0 fully saturated rings. The largest absolute Gasteiger partial charge is 0.497 e. The molecule has 160 valence electrons. The van der Waals surface area contributed by atoms with Crippen molar-refractivity contribution in [3.8, 4) is 11.5 Å². The molecule has 0 N–H and O–H groups in total. The van der Waals surface area contributed by atoms with Crippen molar-refractivity contribution in [2.45, 2.75) is 26.2 Å². The number of anilines is 1. The standard InChI is InChI=1S/C23H22BF3N2O2/c1-15-22(23(25,26)27)20(24)12-21(28-15)29(13-16-4-8-18(30-2)9-5-16)14-17-6-10-19(31-3)11-7-17/h4-12H,13-14H2,1-3H3. The van der Waals surface area contributed by atoms with E-state index in [0.717, 1.165) is 22.6 Å². The highest BCUT2D eigenvalue weighted by molar-refractivity contribution is 6.33. The predicted octanol–water partition coefficient (Wildman–Crippen LogP) is 4.43. The molecule has 2 radical (unpaired) electrons. The van der Waals surface area contributed by atoms with Gasteiger partial charge in [0.05, 0.1) is 25.5 Å². The second-order valence-corrected chi connectivity index (χ2v) is 7.08. The minimum Gasteiger partial charge on any atom is -0.497 e. The molecule has 1 aromatic heterocycles. The number of pyridine rings is 1. The third-order valence-corrected chi connectivity index (χ3v) is 4.89. The van der Waals surface area contributed by atoms with Gasteiger partial charge in [0.1, 0.15) is 25.2 Å². The molecule has 0 aliphatic rings. The van der Waals surface area contributed by atoms with Gasteiger partial charge in [-0.2, -0.15) is 13.2 Å². The van der Waals surface area contributed by atoms with Crippen LogP contribution in [0.5, 0.6) is 11.5 Å². The molecule has 3 aromatic rings. The monoisotopic (exact) mass is 426 g/mol. The minimum atomic E-state index is -4.56. The molecule has 0 aliphatic heterocycles. The highest BCUT2D eigenvalue weighted by atomic mass is 19.4. The summed E-state index contributed by atoms with van der Waals surface area (Å²) in [4.78, 5) is 6.12. The van der Waals surface area contributed by atoms with Crippen molar-refractivity contribution >= 4 is 19.1 Å². The molecule has 0 bridgehead atoms. The summed E-state index contributed by atoms with van der Waals surface area (Å²) in [5.74, 6) is 1.81. The number of rotatable bonds is 7. The van der Waals surface area contributed by atoms with Gasteiger partial charge >= 0.3 is 6.18 Å². The van der Waals surface area contributed by atoms with E-state index in [-0.39, 0.29) is 11.2 Å². The summed E-state index contributed by atoms with van der Waals surface area (Å²) in [7, 11) is 8.96. The van der Waals surface area contributed by atoms with Crippen LogP contribution in [0.3, 0.4) is 0 Å². The Morgan fingerprint density at radius 3 is 1.68 bits per heavy atom. The Kier molecular flexibility index (Phi) is 6.78. The molecule has 3 rings (SSSR count). The summed E-state index contributed by atoms with van der Waals surface area (Å²) < 4.78 is 50.3. The number of ether oxygens (including phenoxy) is 2. The zero-order valence-corrected chi connectivity index (χ0v) is 17.5. The molecule has 4 nitrogen and oxygen atoms in total. The smallest absolute Gasteiger partial charge is 0.417 e. The molecule has 0 amide bonds. The maximum Gasteiger partial charge on any atom is 0.417 e. The Hall–Kier alpha value is -3.16. The summed E-state index contributed by atoms with van der Waals surface area (Å²) in [5.41, 5.74) is 0.506. The first-order valence-electron chi connectivity index (χ1n) is 9.56. The maximum atomic E-state index is 13.3. The summed E-state index contributed by atoms with van der Waals surface area (Å²) in [6.07, 6.45) is -4.56. The summed E-state index contributed by atoms with van der Waals surface area (Å²) in [6, 6.07) is 16.2. The van der Waals surface area contributed by atoms with Gasteiger partial charge in [-0.15, -0.1) is 0 Å². The fraction of sp³-hybridized carbons (Fsp3) is 0.261. The zero-order valence-electron chi connectivity index (χ0n) is 17.5. The van der Waals surface area contributed by atoms with Gasteiger partial charge in [-0.3, -0.25) is 0 Å². The van der Waals surface area contributed by atoms with Crippen molar-refractivity contribution in [1.29, 1.82) is 0 Å². The molecule has 1 heterocycles. The van der Waals surface area contributed by atoms with E-state index in [1.54, 1.807) is 14.2 Å². The summed E-state index contributed by atoms with van der Waals surface area (Å²) >= 11 is 0. The van der Waals surface area contributed by atoms with Gasteiger partial charge < -0.3 is 14.4 Å². The number of aryl methyl sites for hydroxylation is 1. The SMILES string of the molecule is [B]c1cc(N(Cc2ccc(OC)cc2)Cc2ccc(OC)cc2)nc(C)c1C(F)(F)F.